The number of hydrogen-bond acceptors (Lipinski definition) is 3. The first kappa shape index (κ1) is 20.2. The number of unbranched alkanes of at least 4 members (excludes halogenated alkanes) is 2. The van der Waals surface area contributed by atoms with Gasteiger partial charge in [-0.25, -0.2) is 0 Å². The van der Waals surface area contributed by atoms with E-state index in [2.05, 4.69) is 39.9 Å². The SMILES string of the molecule is CC(C)(C)C(=O)OCCCC/C=C/O[Si](C)(C)C(C)(C)C. The molecule has 0 saturated heterocycles. The molecule has 0 heterocycles. The molecule has 0 aromatic heterocycles. The largest absolute Gasteiger partial charge is 0.549 e. The smallest absolute Gasteiger partial charge is 0.311 e. The Bertz CT molecular complexity index is 346. The summed E-state index contributed by atoms with van der Waals surface area (Å²) in [6.45, 7) is 17.3. The zero-order valence-corrected chi connectivity index (χ0v) is 16.2. The second kappa shape index (κ2) is 8.02. The van der Waals surface area contributed by atoms with Crippen LogP contribution in [0.1, 0.15) is 60.8 Å². The second-order valence-corrected chi connectivity index (χ2v) is 12.9. The quantitative estimate of drug-likeness (QED) is 0.277. The molecule has 21 heavy (non-hydrogen) atoms. The molecule has 0 aliphatic carbocycles. The van der Waals surface area contributed by atoms with Gasteiger partial charge in [0.25, 0.3) is 0 Å². The van der Waals surface area contributed by atoms with E-state index >= 15 is 0 Å². The van der Waals surface area contributed by atoms with Crippen LogP contribution in [0.25, 0.3) is 0 Å². The van der Waals surface area contributed by atoms with Crippen LogP contribution in [-0.4, -0.2) is 20.9 Å². The molecule has 0 rings (SSSR count). The number of rotatable bonds is 7. The third-order valence-electron chi connectivity index (χ3n) is 3.88. The van der Waals surface area contributed by atoms with Gasteiger partial charge in [0.15, 0.2) is 0 Å². The van der Waals surface area contributed by atoms with Gasteiger partial charge in [-0.1, -0.05) is 26.8 Å². The Balaban J connectivity index is 3.79. The third-order valence-corrected chi connectivity index (χ3v) is 8.21. The van der Waals surface area contributed by atoms with Gasteiger partial charge < -0.3 is 9.16 Å². The van der Waals surface area contributed by atoms with Gasteiger partial charge in [-0.05, 0) is 58.2 Å². The molecule has 3 nitrogen and oxygen atoms in total. The van der Waals surface area contributed by atoms with Crippen LogP contribution in [0.3, 0.4) is 0 Å². The Morgan fingerprint density at radius 3 is 2.10 bits per heavy atom. The molecule has 124 valence electrons. The van der Waals surface area contributed by atoms with Crippen molar-refractivity contribution in [3.8, 4) is 0 Å². The molecule has 0 aromatic carbocycles. The Kier molecular flexibility index (Phi) is 7.72. The Morgan fingerprint density at radius 1 is 1.05 bits per heavy atom. The van der Waals surface area contributed by atoms with E-state index in [0.717, 1.165) is 19.3 Å². The highest BCUT2D eigenvalue weighted by molar-refractivity contribution is 6.74. The van der Waals surface area contributed by atoms with Gasteiger partial charge in [0.1, 0.15) is 0 Å². The molecule has 0 fully saturated rings. The van der Waals surface area contributed by atoms with Crippen LogP contribution in [-0.2, 0) is 14.0 Å². The summed E-state index contributed by atoms with van der Waals surface area (Å²) in [7, 11) is -1.67. The van der Waals surface area contributed by atoms with Crippen molar-refractivity contribution in [1.29, 1.82) is 0 Å². The first-order chi connectivity index (χ1) is 9.38. The van der Waals surface area contributed by atoms with Gasteiger partial charge in [0, 0.05) is 0 Å². The van der Waals surface area contributed by atoms with E-state index in [0.29, 0.717) is 6.61 Å². The Hall–Kier alpha value is -0.773. The Morgan fingerprint density at radius 2 is 1.62 bits per heavy atom. The fourth-order valence-electron chi connectivity index (χ4n) is 1.21. The molecule has 0 N–H and O–H groups in total. The van der Waals surface area contributed by atoms with Gasteiger partial charge in [-0.3, -0.25) is 4.79 Å². The standard InChI is InChI=1S/C17H34O3Si/c1-16(2,3)15(18)19-13-11-9-10-12-14-20-21(7,8)17(4,5)6/h12,14H,9-11,13H2,1-8H3/b14-12+. The maximum atomic E-state index is 11.6. The van der Waals surface area contributed by atoms with E-state index in [9.17, 15) is 4.79 Å². The van der Waals surface area contributed by atoms with Crippen molar-refractivity contribution in [2.75, 3.05) is 6.61 Å². The minimum atomic E-state index is -1.67. The minimum Gasteiger partial charge on any atom is -0.549 e. The fourth-order valence-corrected chi connectivity index (χ4v) is 2.00. The Labute approximate surface area is 132 Å². The van der Waals surface area contributed by atoms with Crippen LogP contribution in [0, 0.1) is 5.41 Å². The van der Waals surface area contributed by atoms with E-state index < -0.39 is 13.7 Å². The molecule has 0 amide bonds. The van der Waals surface area contributed by atoms with E-state index in [-0.39, 0.29) is 11.0 Å². The lowest BCUT2D eigenvalue weighted by atomic mass is 9.97. The van der Waals surface area contributed by atoms with Crippen molar-refractivity contribution in [1.82, 2.24) is 0 Å². The molecule has 0 spiro atoms. The highest BCUT2D eigenvalue weighted by atomic mass is 28.4. The number of carbonyl (C=O) groups is 1. The zero-order valence-electron chi connectivity index (χ0n) is 15.2. The summed E-state index contributed by atoms with van der Waals surface area (Å²) in [4.78, 5) is 11.6. The molecular weight excluding hydrogens is 280 g/mol. The molecular formula is C17H34O3Si. The number of ether oxygens (including phenoxy) is 1. The van der Waals surface area contributed by atoms with E-state index in [1.54, 1.807) is 0 Å². The van der Waals surface area contributed by atoms with Crippen molar-refractivity contribution in [2.24, 2.45) is 5.41 Å². The highest BCUT2D eigenvalue weighted by Gasteiger charge is 2.37. The highest BCUT2D eigenvalue weighted by Crippen LogP contribution is 2.36. The molecule has 0 saturated carbocycles. The topological polar surface area (TPSA) is 35.5 Å². The van der Waals surface area contributed by atoms with E-state index in [1.807, 2.05) is 27.0 Å². The average molecular weight is 315 g/mol. The number of esters is 1. The van der Waals surface area contributed by atoms with Gasteiger partial charge in [0.05, 0.1) is 18.3 Å². The monoisotopic (exact) mass is 314 g/mol. The number of hydrogen-bond donors (Lipinski definition) is 0. The summed E-state index contributed by atoms with van der Waals surface area (Å²) in [5, 5.41) is 0.235. The lowest BCUT2D eigenvalue weighted by molar-refractivity contribution is -0.153. The van der Waals surface area contributed by atoms with Gasteiger partial charge in [-0.15, -0.1) is 0 Å². The molecule has 0 radical (unpaired) electrons. The number of carbonyl (C=O) groups excluding carboxylic acids is 1. The molecule has 0 bridgehead atoms. The minimum absolute atomic E-state index is 0.126. The fraction of sp³-hybridized carbons (Fsp3) is 0.824. The first-order valence-corrected chi connectivity index (χ1v) is 10.8. The molecule has 4 heteroatoms. The molecule has 0 atom stereocenters. The molecule has 0 aliphatic rings. The summed E-state index contributed by atoms with van der Waals surface area (Å²) in [5.74, 6) is -0.126. The van der Waals surface area contributed by atoms with E-state index in [4.69, 9.17) is 9.16 Å². The molecule has 0 unspecified atom stereocenters. The van der Waals surface area contributed by atoms with Crippen molar-refractivity contribution >= 4 is 14.3 Å². The lowest BCUT2D eigenvalue weighted by Crippen LogP contribution is -2.39. The summed E-state index contributed by atoms with van der Waals surface area (Å²) < 4.78 is 11.2. The predicted molar refractivity (Wildman–Crippen MR) is 91.7 cm³/mol. The van der Waals surface area contributed by atoms with Crippen molar-refractivity contribution in [3.63, 3.8) is 0 Å². The van der Waals surface area contributed by atoms with Crippen LogP contribution >= 0.6 is 0 Å². The van der Waals surface area contributed by atoms with Crippen LogP contribution < -0.4 is 0 Å². The van der Waals surface area contributed by atoms with Crippen LogP contribution in [0.4, 0.5) is 0 Å². The van der Waals surface area contributed by atoms with Gasteiger partial charge in [0.2, 0.25) is 8.32 Å². The van der Waals surface area contributed by atoms with Crippen LogP contribution in [0.5, 0.6) is 0 Å². The van der Waals surface area contributed by atoms with Crippen molar-refractivity contribution < 1.29 is 14.0 Å². The first-order valence-electron chi connectivity index (χ1n) is 7.88. The number of allylic oxidation sites excluding steroid dienone is 1. The second-order valence-electron chi connectivity index (χ2n) is 8.13. The summed E-state index contributed by atoms with van der Waals surface area (Å²) in [6.07, 6.45) is 6.80. The predicted octanol–water partition coefficient (Wildman–Crippen LogP) is 5.28. The van der Waals surface area contributed by atoms with Gasteiger partial charge >= 0.3 is 5.97 Å². The molecule has 0 aliphatic heterocycles. The van der Waals surface area contributed by atoms with Crippen LogP contribution in [0.2, 0.25) is 18.1 Å². The third kappa shape index (κ3) is 8.30. The normalized spacial score (nSPS) is 13.5. The van der Waals surface area contributed by atoms with Crippen molar-refractivity contribution in [2.45, 2.75) is 78.9 Å². The van der Waals surface area contributed by atoms with Gasteiger partial charge in [-0.2, -0.15) is 0 Å². The molecule has 0 aromatic rings. The average Bonchev–Trinajstić information content (AvgIpc) is 2.29. The summed E-state index contributed by atoms with van der Waals surface area (Å²) in [5.41, 5.74) is -0.406. The zero-order chi connectivity index (χ0) is 16.7. The van der Waals surface area contributed by atoms with E-state index in [1.165, 1.54) is 0 Å². The maximum absolute atomic E-state index is 11.6. The van der Waals surface area contributed by atoms with Crippen LogP contribution in [0.15, 0.2) is 12.3 Å². The van der Waals surface area contributed by atoms with Crippen molar-refractivity contribution in [3.05, 3.63) is 12.3 Å². The summed E-state index contributed by atoms with van der Waals surface area (Å²) in [6, 6.07) is 0. The lowest BCUT2D eigenvalue weighted by Gasteiger charge is -2.34. The maximum Gasteiger partial charge on any atom is 0.311 e. The summed E-state index contributed by atoms with van der Waals surface area (Å²) >= 11 is 0.